The van der Waals surface area contributed by atoms with E-state index in [0.717, 1.165) is 5.16 Å². The minimum atomic E-state index is -0.821. The molecule has 4 nitrogen and oxygen atoms in total. The Kier molecular flexibility index (Phi) is 2.53. The van der Waals surface area contributed by atoms with Crippen LogP contribution in [0, 0.1) is 0 Å². The summed E-state index contributed by atoms with van der Waals surface area (Å²) in [5.41, 5.74) is 0. The number of hydrogen-bond donors (Lipinski definition) is 1. The van der Waals surface area contributed by atoms with E-state index in [1.807, 2.05) is 7.05 Å². The van der Waals surface area contributed by atoms with Crippen LogP contribution < -0.4 is 0 Å². The quantitative estimate of drug-likeness (QED) is 0.678. The van der Waals surface area contributed by atoms with E-state index in [1.165, 1.54) is 11.8 Å². The Hall–Kier alpha value is -0.970. The van der Waals surface area contributed by atoms with E-state index in [4.69, 9.17) is 5.11 Å². The lowest BCUT2D eigenvalue weighted by atomic mass is 10.8. The molecule has 0 spiro atoms. The summed E-state index contributed by atoms with van der Waals surface area (Å²) in [6, 6.07) is 0. The molecule has 0 aliphatic carbocycles. The third-order valence-electron chi connectivity index (χ3n) is 1.10. The van der Waals surface area contributed by atoms with Crippen LogP contribution in [0.3, 0.4) is 0 Å². The number of thioether (sulfide) groups is 1. The number of aliphatic carboxylic acids is 1. The molecule has 1 aromatic heterocycles. The van der Waals surface area contributed by atoms with Crippen molar-refractivity contribution >= 4 is 17.7 Å². The standard InChI is InChI=1S/C6H8N2O2S/c1-8-3-2-7-6(8)11-4-5(9)10/h2-3H,4H2,1H3,(H,9,10). The molecule has 5 heteroatoms. The molecule has 1 N–H and O–H groups in total. The van der Waals surface area contributed by atoms with Crippen molar-refractivity contribution in [3.63, 3.8) is 0 Å². The van der Waals surface area contributed by atoms with Crippen molar-refractivity contribution in [2.75, 3.05) is 5.75 Å². The third kappa shape index (κ3) is 2.27. The van der Waals surface area contributed by atoms with Gasteiger partial charge in [-0.2, -0.15) is 0 Å². The Bertz CT molecular complexity index is 259. The molecule has 0 bridgehead atoms. The normalized spacial score (nSPS) is 9.91. The molecule has 0 fully saturated rings. The Labute approximate surface area is 68.2 Å². The van der Waals surface area contributed by atoms with E-state index >= 15 is 0 Å². The molecule has 0 aromatic carbocycles. The molecule has 1 heterocycles. The maximum atomic E-state index is 10.1. The van der Waals surface area contributed by atoms with Crippen molar-refractivity contribution < 1.29 is 9.90 Å². The molecule has 0 saturated carbocycles. The lowest BCUT2D eigenvalue weighted by molar-refractivity contribution is -0.133. The number of imidazole rings is 1. The van der Waals surface area contributed by atoms with Crippen molar-refractivity contribution in [3.05, 3.63) is 12.4 Å². The van der Waals surface area contributed by atoms with Crippen LogP contribution in [0.15, 0.2) is 17.6 Å². The third-order valence-corrected chi connectivity index (χ3v) is 2.14. The minimum Gasteiger partial charge on any atom is -0.481 e. The Morgan fingerprint density at radius 1 is 1.91 bits per heavy atom. The maximum Gasteiger partial charge on any atom is 0.313 e. The fourth-order valence-electron chi connectivity index (χ4n) is 0.617. The van der Waals surface area contributed by atoms with Crippen molar-refractivity contribution in [1.29, 1.82) is 0 Å². The molecule has 0 aliphatic rings. The van der Waals surface area contributed by atoms with Crippen LogP contribution in [-0.4, -0.2) is 26.4 Å². The van der Waals surface area contributed by atoms with Crippen molar-refractivity contribution in [1.82, 2.24) is 9.55 Å². The molecule has 1 rings (SSSR count). The van der Waals surface area contributed by atoms with Crippen LogP contribution in [0.2, 0.25) is 0 Å². The maximum absolute atomic E-state index is 10.1. The van der Waals surface area contributed by atoms with E-state index in [9.17, 15) is 4.79 Å². The van der Waals surface area contributed by atoms with E-state index in [0.29, 0.717) is 0 Å². The summed E-state index contributed by atoms with van der Waals surface area (Å²) in [7, 11) is 1.83. The van der Waals surface area contributed by atoms with Crippen LogP contribution >= 0.6 is 11.8 Å². The highest BCUT2D eigenvalue weighted by atomic mass is 32.2. The molecule has 11 heavy (non-hydrogen) atoms. The largest absolute Gasteiger partial charge is 0.481 e. The number of rotatable bonds is 3. The summed E-state index contributed by atoms with van der Waals surface area (Å²) in [6.07, 6.45) is 3.42. The number of carboxylic acid groups (broad SMARTS) is 1. The van der Waals surface area contributed by atoms with Gasteiger partial charge in [-0.05, 0) is 0 Å². The second-order valence-corrected chi connectivity index (χ2v) is 2.95. The van der Waals surface area contributed by atoms with Gasteiger partial charge >= 0.3 is 5.97 Å². The summed E-state index contributed by atoms with van der Waals surface area (Å²) >= 11 is 1.21. The summed E-state index contributed by atoms with van der Waals surface area (Å²) in [6.45, 7) is 0. The topological polar surface area (TPSA) is 55.1 Å². The summed E-state index contributed by atoms with van der Waals surface area (Å²) < 4.78 is 1.79. The number of aryl methyl sites for hydroxylation is 1. The van der Waals surface area contributed by atoms with Gasteiger partial charge in [-0.25, -0.2) is 4.98 Å². The predicted molar refractivity (Wildman–Crippen MR) is 41.6 cm³/mol. The monoisotopic (exact) mass is 172 g/mol. The Balaban J connectivity index is 2.51. The van der Waals surface area contributed by atoms with Gasteiger partial charge in [0.15, 0.2) is 5.16 Å². The minimum absolute atomic E-state index is 0.0604. The second-order valence-electron chi connectivity index (χ2n) is 2.00. The van der Waals surface area contributed by atoms with Gasteiger partial charge in [0.05, 0.1) is 5.75 Å². The summed E-state index contributed by atoms with van der Waals surface area (Å²) in [5.74, 6) is -0.761. The van der Waals surface area contributed by atoms with Crippen LogP contribution in [0.25, 0.3) is 0 Å². The number of hydrogen-bond acceptors (Lipinski definition) is 3. The number of aromatic nitrogens is 2. The van der Waals surface area contributed by atoms with Crippen LogP contribution in [0.1, 0.15) is 0 Å². The van der Waals surface area contributed by atoms with Crippen LogP contribution in [0.4, 0.5) is 0 Å². The highest BCUT2D eigenvalue weighted by Crippen LogP contribution is 2.13. The zero-order valence-corrected chi connectivity index (χ0v) is 6.84. The first-order chi connectivity index (χ1) is 5.20. The smallest absolute Gasteiger partial charge is 0.313 e. The first-order valence-corrected chi connectivity index (χ1v) is 4.00. The average Bonchev–Trinajstić information content (AvgIpc) is 2.31. The predicted octanol–water partition coefficient (Wildman–Crippen LogP) is 0.597. The van der Waals surface area contributed by atoms with Crippen LogP contribution in [-0.2, 0) is 11.8 Å². The van der Waals surface area contributed by atoms with Gasteiger partial charge in [-0.15, -0.1) is 0 Å². The molecular weight excluding hydrogens is 164 g/mol. The lowest BCUT2D eigenvalue weighted by Crippen LogP contribution is -1.99. The van der Waals surface area contributed by atoms with E-state index in [-0.39, 0.29) is 5.75 Å². The molecule has 60 valence electrons. The number of carbonyl (C=O) groups is 1. The van der Waals surface area contributed by atoms with E-state index in [2.05, 4.69) is 4.98 Å². The zero-order chi connectivity index (χ0) is 8.27. The van der Waals surface area contributed by atoms with Gasteiger partial charge in [0.25, 0.3) is 0 Å². The van der Waals surface area contributed by atoms with Crippen LogP contribution in [0.5, 0.6) is 0 Å². The number of nitrogens with zero attached hydrogens (tertiary/aromatic N) is 2. The average molecular weight is 172 g/mol. The Morgan fingerprint density at radius 2 is 2.64 bits per heavy atom. The summed E-state index contributed by atoms with van der Waals surface area (Å²) in [4.78, 5) is 14.1. The van der Waals surface area contributed by atoms with E-state index < -0.39 is 5.97 Å². The van der Waals surface area contributed by atoms with Gasteiger partial charge in [0.1, 0.15) is 0 Å². The molecule has 0 atom stereocenters. The van der Waals surface area contributed by atoms with Crippen molar-refractivity contribution in [3.8, 4) is 0 Å². The lowest BCUT2D eigenvalue weighted by Gasteiger charge is -1.96. The second kappa shape index (κ2) is 3.43. The van der Waals surface area contributed by atoms with Gasteiger partial charge in [0, 0.05) is 19.4 Å². The first kappa shape index (κ1) is 8.13. The molecule has 0 radical (unpaired) electrons. The Morgan fingerprint density at radius 3 is 3.09 bits per heavy atom. The van der Waals surface area contributed by atoms with Gasteiger partial charge < -0.3 is 9.67 Å². The highest BCUT2D eigenvalue weighted by Gasteiger charge is 2.02. The first-order valence-electron chi connectivity index (χ1n) is 3.02. The van der Waals surface area contributed by atoms with Gasteiger partial charge in [0.2, 0.25) is 0 Å². The zero-order valence-electron chi connectivity index (χ0n) is 6.02. The fourth-order valence-corrected chi connectivity index (χ4v) is 1.27. The highest BCUT2D eigenvalue weighted by molar-refractivity contribution is 7.99. The molecule has 0 saturated heterocycles. The molecule has 0 aliphatic heterocycles. The van der Waals surface area contributed by atoms with Gasteiger partial charge in [-0.1, -0.05) is 11.8 Å². The van der Waals surface area contributed by atoms with E-state index in [1.54, 1.807) is 17.0 Å². The van der Waals surface area contributed by atoms with Crippen molar-refractivity contribution in [2.24, 2.45) is 7.05 Å². The fraction of sp³-hybridized carbons (Fsp3) is 0.333. The molecule has 0 amide bonds. The SMILES string of the molecule is Cn1ccnc1SCC(=O)O. The summed E-state index contributed by atoms with van der Waals surface area (Å²) in [5, 5.41) is 9.07. The molecular formula is C6H8N2O2S. The number of carboxylic acids is 1. The molecule has 0 unspecified atom stereocenters. The molecule has 1 aromatic rings. The van der Waals surface area contributed by atoms with Crippen molar-refractivity contribution in [2.45, 2.75) is 5.16 Å². The van der Waals surface area contributed by atoms with Gasteiger partial charge in [-0.3, -0.25) is 4.79 Å².